The second kappa shape index (κ2) is 2.33. The van der Waals surface area contributed by atoms with Crippen LogP contribution in [0.3, 0.4) is 0 Å². The van der Waals surface area contributed by atoms with Crippen molar-refractivity contribution in [2.45, 2.75) is 13.8 Å². The topological polar surface area (TPSA) is 12.9 Å². The molecule has 0 aliphatic heterocycles. The summed E-state index contributed by atoms with van der Waals surface area (Å²) in [5.41, 5.74) is 0.793. The third-order valence-corrected chi connectivity index (χ3v) is 1.23. The van der Waals surface area contributed by atoms with E-state index in [0.29, 0.717) is 11.3 Å². The Labute approximate surface area is 57.7 Å². The molecule has 0 unspecified atom stereocenters. The molecular formula is C7H7F2N. The van der Waals surface area contributed by atoms with Crippen LogP contribution >= 0.6 is 0 Å². The van der Waals surface area contributed by atoms with Crippen molar-refractivity contribution in [2.24, 2.45) is 0 Å². The minimum atomic E-state index is -1.02. The van der Waals surface area contributed by atoms with Gasteiger partial charge >= 0.3 is 0 Å². The summed E-state index contributed by atoms with van der Waals surface area (Å²) >= 11 is 0. The molecular weight excluding hydrogens is 136 g/mol. The number of pyridine rings is 1. The molecule has 1 nitrogen and oxygen atoms in total. The van der Waals surface area contributed by atoms with Crippen LogP contribution in [0, 0.1) is 25.6 Å². The predicted octanol–water partition coefficient (Wildman–Crippen LogP) is 1.98. The molecule has 0 spiro atoms. The lowest BCUT2D eigenvalue weighted by molar-refractivity contribution is 0.472. The summed E-state index contributed by atoms with van der Waals surface area (Å²) in [5, 5.41) is 0. The van der Waals surface area contributed by atoms with Gasteiger partial charge in [0.15, 0.2) is 5.82 Å². The predicted molar refractivity (Wildman–Crippen MR) is 33.6 cm³/mol. The first-order chi connectivity index (χ1) is 4.61. The zero-order valence-electron chi connectivity index (χ0n) is 5.78. The summed E-state index contributed by atoms with van der Waals surface area (Å²) in [7, 11) is 0. The first kappa shape index (κ1) is 7.12. The van der Waals surface area contributed by atoms with E-state index in [1.54, 1.807) is 6.92 Å². The molecule has 1 heterocycles. The van der Waals surface area contributed by atoms with Gasteiger partial charge in [-0.3, -0.25) is 0 Å². The number of halogens is 2. The van der Waals surface area contributed by atoms with Crippen molar-refractivity contribution in [3.05, 3.63) is 29.1 Å². The van der Waals surface area contributed by atoms with Crippen molar-refractivity contribution in [3.63, 3.8) is 0 Å². The number of aryl methyl sites for hydroxylation is 2. The fourth-order valence-corrected chi connectivity index (χ4v) is 0.776. The molecule has 0 atom stereocenters. The summed E-state index contributed by atoms with van der Waals surface area (Å²) in [6.45, 7) is 3.13. The Morgan fingerprint density at radius 3 is 2.40 bits per heavy atom. The summed E-state index contributed by atoms with van der Waals surface area (Å²) in [4.78, 5) is 3.29. The molecule has 0 N–H and O–H groups in total. The molecule has 1 aromatic heterocycles. The molecule has 0 saturated heterocycles. The molecule has 10 heavy (non-hydrogen) atoms. The Kier molecular flexibility index (Phi) is 1.66. The maximum Gasteiger partial charge on any atom is 0.249 e. The Bertz CT molecular complexity index is 235. The van der Waals surface area contributed by atoms with Crippen molar-refractivity contribution < 1.29 is 8.78 Å². The average molecular weight is 143 g/mol. The van der Waals surface area contributed by atoms with Gasteiger partial charge in [0.2, 0.25) is 5.95 Å². The van der Waals surface area contributed by atoms with Crippen molar-refractivity contribution in [1.29, 1.82) is 0 Å². The van der Waals surface area contributed by atoms with E-state index in [2.05, 4.69) is 4.98 Å². The second-order valence-corrected chi connectivity index (χ2v) is 2.19. The molecule has 0 aromatic carbocycles. The van der Waals surface area contributed by atoms with Crippen LogP contribution in [0.15, 0.2) is 6.07 Å². The van der Waals surface area contributed by atoms with E-state index >= 15 is 0 Å². The first-order valence-electron chi connectivity index (χ1n) is 2.90. The molecule has 0 aliphatic carbocycles. The van der Waals surface area contributed by atoms with Crippen LogP contribution in [0.25, 0.3) is 0 Å². The number of hydrogen-bond donors (Lipinski definition) is 0. The lowest BCUT2D eigenvalue weighted by Crippen LogP contribution is -1.95. The number of hydrogen-bond acceptors (Lipinski definition) is 1. The van der Waals surface area contributed by atoms with Crippen LogP contribution < -0.4 is 0 Å². The van der Waals surface area contributed by atoms with E-state index < -0.39 is 11.8 Å². The van der Waals surface area contributed by atoms with Gasteiger partial charge in [-0.15, -0.1) is 0 Å². The van der Waals surface area contributed by atoms with Gasteiger partial charge in [0, 0.05) is 5.69 Å². The molecule has 0 aliphatic rings. The van der Waals surface area contributed by atoms with E-state index in [-0.39, 0.29) is 0 Å². The zero-order valence-corrected chi connectivity index (χ0v) is 5.78. The summed E-state index contributed by atoms with van der Waals surface area (Å²) < 4.78 is 24.8. The van der Waals surface area contributed by atoms with Crippen LogP contribution in [0.1, 0.15) is 11.3 Å². The maximum atomic E-state index is 12.5. The highest BCUT2D eigenvalue weighted by Gasteiger charge is 2.05. The van der Waals surface area contributed by atoms with Gasteiger partial charge in [-0.05, 0) is 25.5 Å². The first-order valence-corrected chi connectivity index (χ1v) is 2.90. The highest BCUT2D eigenvalue weighted by molar-refractivity contribution is 5.16. The third kappa shape index (κ3) is 1.12. The smallest absolute Gasteiger partial charge is 0.223 e. The van der Waals surface area contributed by atoms with Gasteiger partial charge in [0.1, 0.15) is 0 Å². The van der Waals surface area contributed by atoms with Crippen LogP contribution in [-0.4, -0.2) is 4.98 Å². The molecule has 0 radical (unpaired) electrons. The van der Waals surface area contributed by atoms with Crippen LogP contribution in [0.4, 0.5) is 8.78 Å². The zero-order chi connectivity index (χ0) is 7.72. The average Bonchev–Trinajstić information content (AvgIpc) is 1.82. The second-order valence-electron chi connectivity index (χ2n) is 2.19. The molecule has 0 fully saturated rings. The normalized spacial score (nSPS) is 10.0. The number of nitrogens with zero attached hydrogens (tertiary/aromatic N) is 1. The van der Waals surface area contributed by atoms with Gasteiger partial charge in [0.05, 0.1) is 0 Å². The number of aromatic nitrogens is 1. The molecule has 54 valence electrons. The van der Waals surface area contributed by atoms with E-state index in [1.165, 1.54) is 13.0 Å². The summed E-state index contributed by atoms with van der Waals surface area (Å²) in [6.07, 6.45) is 0. The Hall–Kier alpha value is -0.990. The van der Waals surface area contributed by atoms with Crippen molar-refractivity contribution in [2.75, 3.05) is 0 Å². The number of rotatable bonds is 0. The minimum absolute atomic E-state index is 0.296. The van der Waals surface area contributed by atoms with Crippen LogP contribution in [0.2, 0.25) is 0 Å². The van der Waals surface area contributed by atoms with Crippen molar-refractivity contribution >= 4 is 0 Å². The van der Waals surface area contributed by atoms with E-state index in [1.807, 2.05) is 0 Å². The molecule has 3 heteroatoms. The van der Waals surface area contributed by atoms with Gasteiger partial charge in [-0.1, -0.05) is 0 Å². The largest absolute Gasteiger partial charge is 0.249 e. The van der Waals surface area contributed by atoms with E-state index in [0.717, 1.165) is 0 Å². The monoisotopic (exact) mass is 143 g/mol. The fraction of sp³-hybridized carbons (Fsp3) is 0.286. The van der Waals surface area contributed by atoms with Crippen LogP contribution in [-0.2, 0) is 0 Å². The Morgan fingerprint density at radius 2 is 1.90 bits per heavy atom. The molecule has 1 rings (SSSR count). The van der Waals surface area contributed by atoms with Gasteiger partial charge < -0.3 is 0 Å². The van der Waals surface area contributed by atoms with Crippen molar-refractivity contribution in [3.8, 4) is 0 Å². The SMILES string of the molecule is Cc1cc(C)c(F)c(F)n1. The van der Waals surface area contributed by atoms with Gasteiger partial charge in [0.25, 0.3) is 0 Å². The molecule has 0 saturated carbocycles. The molecule has 1 aromatic rings. The van der Waals surface area contributed by atoms with E-state index in [4.69, 9.17) is 0 Å². The lowest BCUT2D eigenvalue weighted by atomic mass is 10.2. The third-order valence-electron chi connectivity index (χ3n) is 1.23. The van der Waals surface area contributed by atoms with Crippen molar-refractivity contribution in [1.82, 2.24) is 4.98 Å². The highest BCUT2D eigenvalue weighted by Crippen LogP contribution is 2.09. The summed E-state index contributed by atoms with van der Waals surface area (Å²) in [5.74, 6) is -1.87. The van der Waals surface area contributed by atoms with Gasteiger partial charge in [-0.25, -0.2) is 9.37 Å². The molecule has 0 bridgehead atoms. The summed E-state index contributed by atoms with van der Waals surface area (Å²) in [6, 6.07) is 1.50. The highest BCUT2D eigenvalue weighted by atomic mass is 19.2. The Morgan fingerprint density at radius 1 is 1.30 bits per heavy atom. The quantitative estimate of drug-likeness (QED) is 0.506. The lowest BCUT2D eigenvalue weighted by Gasteiger charge is -1.97. The maximum absolute atomic E-state index is 12.5. The Balaban J connectivity index is 3.31. The molecule has 0 amide bonds. The van der Waals surface area contributed by atoms with E-state index in [9.17, 15) is 8.78 Å². The minimum Gasteiger partial charge on any atom is -0.223 e. The van der Waals surface area contributed by atoms with Crippen LogP contribution in [0.5, 0.6) is 0 Å². The standard InChI is InChI=1S/C7H7F2N/c1-4-3-5(2)10-7(9)6(4)8/h3H,1-2H3. The fourth-order valence-electron chi connectivity index (χ4n) is 0.776. The van der Waals surface area contributed by atoms with Gasteiger partial charge in [-0.2, -0.15) is 4.39 Å².